The third-order valence-electron chi connectivity index (χ3n) is 4.79. The van der Waals surface area contributed by atoms with Crippen LogP contribution < -0.4 is 16.1 Å². The summed E-state index contributed by atoms with van der Waals surface area (Å²) in [5.74, 6) is -1.86. The second kappa shape index (κ2) is 9.58. The zero-order valence-electron chi connectivity index (χ0n) is 16.6. The maximum atomic E-state index is 12.5. The Hall–Kier alpha value is -3.45. The number of nitrogens with zero attached hydrogens (tertiary/aromatic N) is 4. The average molecular weight is 430 g/mol. The van der Waals surface area contributed by atoms with Gasteiger partial charge in [-0.05, 0) is 18.1 Å². The molecule has 0 saturated carbocycles. The number of guanidine groups is 1. The number of aliphatic hydroxyl groups is 1. The monoisotopic (exact) mass is 430 g/mol. The van der Waals surface area contributed by atoms with Crippen LogP contribution in [0.3, 0.4) is 0 Å². The highest BCUT2D eigenvalue weighted by Gasteiger charge is 2.37. The molecule has 2 heterocycles. The van der Waals surface area contributed by atoms with Gasteiger partial charge in [0.05, 0.1) is 23.9 Å². The fourth-order valence-electron chi connectivity index (χ4n) is 3.39. The highest BCUT2D eigenvalue weighted by molar-refractivity contribution is 6.47. The number of aliphatic hydroxyl groups excluding tert-OH is 1. The van der Waals surface area contributed by atoms with Crippen molar-refractivity contribution in [3.8, 4) is 5.75 Å². The quantitative estimate of drug-likeness (QED) is 0.179. The largest absolute Gasteiger partial charge is 0.535 e. The minimum atomic E-state index is -1.30. The maximum Gasteiger partial charge on any atom is 0.526 e. The molecule has 12 nitrogen and oxygen atoms in total. The van der Waals surface area contributed by atoms with Crippen LogP contribution in [-0.2, 0) is 24.2 Å². The van der Waals surface area contributed by atoms with Gasteiger partial charge in [-0.15, -0.1) is 5.10 Å². The van der Waals surface area contributed by atoms with E-state index in [4.69, 9.17) is 16.1 Å². The van der Waals surface area contributed by atoms with E-state index in [2.05, 4.69) is 15.3 Å². The number of carbonyl (C=O) groups is 2. The van der Waals surface area contributed by atoms with Crippen molar-refractivity contribution >= 4 is 24.8 Å². The summed E-state index contributed by atoms with van der Waals surface area (Å²) in [5, 5.41) is 37.2. The third-order valence-corrected chi connectivity index (χ3v) is 4.79. The third kappa shape index (κ3) is 5.80. The van der Waals surface area contributed by atoms with E-state index in [1.807, 2.05) is 0 Å². The van der Waals surface area contributed by atoms with Crippen LogP contribution in [0.5, 0.6) is 5.75 Å². The number of ketones is 1. The first-order valence-electron chi connectivity index (χ1n) is 9.57. The number of benzene rings is 1. The number of para-hydroxylation sites is 1. The number of hydrogen-bond acceptors (Lipinski definition) is 8. The number of fused-ring (bicyclic) bond motifs is 1. The Bertz CT molecular complexity index is 992. The number of carboxylic acid groups (broad SMARTS) is 1. The Morgan fingerprint density at radius 1 is 1.39 bits per heavy atom. The van der Waals surface area contributed by atoms with E-state index in [-0.39, 0.29) is 49.0 Å². The number of aromatic carboxylic acids is 1. The second-order valence-corrected chi connectivity index (χ2v) is 7.35. The van der Waals surface area contributed by atoms with E-state index in [9.17, 15) is 24.8 Å². The molecule has 7 N–H and O–H groups in total. The number of nitrogens with two attached hydrogens (primary N) is 2. The van der Waals surface area contributed by atoms with Crippen LogP contribution in [0, 0.1) is 0 Å². The molecule has 0 amide bonds. The SMILES string of the molecule is NC(N)=NCC(O)Cc1cn(CC(=O)C[C@H]2Cc3cccc(C(=O)O)c3OB2O)nn1. The van der Waals surface area contributed by atoms with Gasteiger partial charge in [0.2, 0.25) is 0 Å². The number of rotatable bonds is 9. The minimum Gasteiger partial charge on any atom is -0.535 e. The van der Waals surface area contributed by atoms with E-state index in [1.54, 1.807) is 18.3 Å². The molecule has 0 fully saturated rings. The standard InChI is InChI=1S/C18H23BN6O6/c20-18(21)22-7-13(26)6-12-8-25(24-23-12)9-14(27)5-11-4-10-2-1-3-15(17(28)29)16(10)31-19(11)30/h1-3,8,11,13,26,30H,4-7,9H2,(H,28,29)(H4,20,21,22)/t11-,13?/m1/s1. The smallest absolute Gasteiger partial charge is 0.526 e. The van der Waals surface area contributed by atoms with E-state index in [0.717, 1.165) is 0 Å². The summed E-state index contributed by atoms with van der Waals surface area (Å²) in [4.78, 5) is 27.5. The van der Waals surface area contributed by atoms with Gasteiger partial charge >= 0.3 is 13.1 Å². The molecule has 3 rings (SSSR count). The number of aliphatic imine (C=N–C) groups is 1. The average Bonchev–Trinajstić information content (AvgIpc) is 3.12. The summed E-state index contributed by atoms with van der Waals surface area (Å²) < 4.78 is 6.75. The van der Waals surface area contributed by atoms with Crippen LogP contribution in [0.25, 0.3) is 0 Å². The molecular weight excluding hydrogens is 407 g/mol. The van der Waals surface area contributed by atoms with Crippen LogP contribution in [0.4, 0.5) is 0 Å². The van der Waals surface area contributed by atoms with Gasteiger partial charge in [0.15, 0.2) is 11.7 Å². The van der Waals surface area contributed by atoms with Crippen LogP contribution in [-0.4, -0.2) is 67.7 Å². The topological polar surface area (TPSA) is 199 Å². The summed E-state index contributed by atoms with van der Waals surface area (Å²) in [5.41, 5.74) is 11.5. The minimum absolute atomic E-state index is 0.0141. The summed E-state index contributed by atoms with van der Waals surface area (Å²) in [6.07, 6.45) is 1.19. The van der Waals surface area contributed by atoms with Crippen molar-refractivity contribution in [2.75, 3.05) is 6.54 Å². The molecule has 0 radical (unpaired) electrons. The van der Waals surface area contributed by atoms with E-state index >= 15 is 0 Å². The van der Waals surface area contributed by atoms with Crippen molar-refractivity contribution in [1.29, 1.82) is 0 Å². The Balaban J connectivity index is 1.57. The highest BCUT2D eigenvalue weighted by Crippen LogP contribution is 2.36. The molecule has 2 aromatic rings. The van der Waals surface area contributed by atoms with Gasteiger partial charge in [0, 0.05) is 24.9 Å². The molecule has 0 aliphatic carbocycles. The first kappa shape index (κ1) is 22.2. The Morgan fingerprint density at radius 3 is 2.87 bits per heavy atom. The van der Waals surface area contributed by atoms with E-state index in [0.29, 0.717) is 17.7 Å². The number of aromatic nitrogens is 3. The van der Waals surface area contributed by atoms with E-state index in [1.165, 1.54) is 10.7 Å². The van der Waals surface area contributed by atoms with Gasteiger partial charge in [-0.1, -0.05) is 17.3 Å². The highest BCUT2D eigenvalue weighted by atomic mass is 16.5. The molecular formula is C18H23BN6O6. The number of hydrogen-bond donors (Lipinski definition) is 5. The summed E-state index contributed by atoms with van der Waals surface area (Å²) >= 11 is 0. The molecule has 0 bridgehead atoms. The Labute approximate surface area is 177 Å². The number of carbonyl (C=O) groups excluding carboxylic acids is 1. The predicted molar refractivity (Wildman–Crippen MR) is 109 cm³/mol. The predicted octanol–water partition coefficient (Wildman–Crippen LogP) is -1.40. The molecule has 13 heteroatoms. The molecule has 0 saturated heterocycles. The number of carboxylic acids is 1. The summed E-state index contributed by atoms with van der Waals surface area (Å²) in [6.45, 7) is -0.0407. The van der Waals surface area contributed by atoms with E-state index < -0.39 is 25.0 Å². The van der Waals surface area contributed by atoms with Crippen molar-refractivity contribution < 1.29 is 29.5 Å². The molecule has 31 heavy (non-hydrogen) atoms. The Kier molecular flexibility index (Phi) is 6.87. The van der Waals surface area contributed by atoms with Crippen LogP contribution >= 0.6 is 0 Å². The second-order valence-electron chi connectivity index (χ2n) is 7.35. The zero-order valence-corrected chi connectivity index (χ0v) is 16.6. The van der Waals surface area contributed by atoms with Crippen molar-refractivity contribution in [2.24, 2.45) is 16.5 Å². The lowest BCUT2D eigenvalue weighted by atomic mass is 9.64. The summed E-state index contributed by atoms with van der Waals surface area (Å²) in [6, 6.07) is 4.71. The molecule has 164 valence electrons. The zero-order chi connectivity index (χ0) is 22.5. The van der Waals surface area contributed by atoms with Crippen LogP contribution in [0.1, 0.15) is 28.0 Å². The lowest BCUT2D eigenvalue weighted by molar-refractivity contribution is -0.120. The molecule has 1 unspecified atom stereocenters. The fourth-order valence-corrected chi connectivity index (χ4v) is 3.39. The molecule has 1 aromatic heterocycles. The molecule has 1 aliphatic heterocycles. The van der Waals surface area contributed by atoms with Gasteiger partial charge in [-0.25, -0.2) is 9.48 Å². The molecule has 1 aliphatic rings. The van der Waals surface area contributed by atoms with Gasteiger partial charge < -0.3 is 31.4 Å². The lowest BCUT2D eigenvalue weighted by Crippen LogP contribution is -2.36. The maximum absolute atomic E-state index is 12.5. The van der Waals surface area contributed by atoms with Crippen LogP contribution in [0.2, 0.25) is 5.82 Å². The van der Waals surface area contributed by atoms with Gasteiger partial charge in [0.25, 0.3) is 0 Å². The van der Waals surface area contributed by atoms with Gasteiger partial charge in [-0.3, -0.25) is 9.79 Å². The first-order chi connectivity index (χ1) is 14.7. The van der Waals surface area contributed by atoms with Crippen LogP contribution in [0.15, 0.2) is 29.4 Å². The van der Waals surface area contributed by atoms with Gasteiger partial charge in [-0.2, -0.15) is 0 Å². The molecule has 2 atom stereocenters. The Morgan fingerprint density at radius 2 is 2.16 bits per heavy atom. The molecule has 1 aromatic carbocycles. The lowest BCUT2D eigenvalue weighted by Gasteiger charge is -2.27. The van der Waals surface area contributed by atoms with Crippen molar-refractivity contribution in [1.82, 2.24) is 15.0 Å². The van der Waals surface area contributed by atoms with Crippen molar-refractivity contribution in [3.63, 3.8) is 0 Å². The molecule has 0 spiro atoms. The van der Waals surface area contributed by atoms with Crippen molar-refractivity contribution in [2.45, 2.75) is 37.7 Å². The fraction of sp³-hybridized carbons (Fsp3) is 0.389. The van der Waals surface area contributed by atoms with Crippen molar-refractivity contribution in [3.05, 3.63) is 41.2 Å². The van der Waals surface area contributed by atoms with Gasteiger partial charge in [0.1, 0.15) is 12.3 Å². The number of Topliss-reactive ketones (excluding diaryl/α,β-unsaturated/α-hetero) is 1. The summed E-state index contributed by atoms with van der Waals surface area (Å²) in [7, 11) is -1.30. The normalized spacial score (nSPS) is 16.2. The first-order valence-corrected chi connectivity index (χ1v) is 9.57.